The Hall–Kier alpha value is -4.58. The molecule has 0 spiro atoms. The van der Waals surface area contributed by atoms with Gasteiger partial charge in [0.25, 0.3) is 5.91 Å². The molecule has 12 heteroatoms. The molecule has 2 aliphatic carbocycles. The molecule has 5 unspecified atom stereocenters. The molecule has 1 heterocycles. The summed E-state index contributed by atoms with van der Waals surface area (Å²) >= 11 is 0. The average Bonchev–Trinajstić information content (AvgIpc) is 3.60. The fraction of sp³-hybridized carbons (Fsp3) is 0.581. The van der Waals surface area contributed by atoms with Gasteiger partial charge in [0.15, 0.2) is 5.69 Å². The SMILES string of the molecule is COc1cccc(OC)c1-c1cc(C(=O)NC2(C(=O)O)C(C)CC3CC(C)CC2C3)nn1-c1ccc(N(C)CCCN(C)CCCN(C)C=O)cc1C(C)C. The number of hydrogen-bond donors (Lipinski definition) is 2. The number of rotatable bonds is 18. The summed E-state index contributed by atoms with van der Waals surface area (Å²) in [5.74, 6) is 0.220. The summed E-state index contributed by atoms with van der Waals surface area (Å²) in [7, 11) is 9.21. The molecule has 1 aromatic heterocycles. The summed E-state index contributed by atoms with van der Waals surface area (Å²) in [5.41, 5.74) is 2.88. The molecule has 0 radical (unpaired) electrons. The molecule has 2 amide bonds. The predicted octanol–water partition coefficient (Wildman–Crippen LogP) is 6.56. The van der Waals surface area contributed by atoms with Gasteiger partial charge in [-0.25, -0.2) is 9.48 Å². The van der Waals surface area contributed by atoms with Crippen LogP contribution in [0.4, 0.5) is 5.69 Å². The monoisotopic (exact) mass is 758 g/mol. The van der Waals surface area contributed by atoms with Crippen LogP contribution in [0.1, 0.15) is 88.2 Å². The smallest absolute Gasteiger partial charge is 0.329 e. The predicted molar refractivity (Wildman–Crippen MR) is 216 cm³/mol. The fourth-order valence-corrected chi connectivity index (χ4v) is 9.17. The van der Waals surface area contributed by atoms with Gasteiger partial charge in [0, 0.05) is 32.9 Å². The Morgan fingerprint density at radius 1 is 0.964 bits per heavy atom. The van der Waals surface area contributed by atoms with Crippen molar-refractivity contribution in [1.29, 1.82) is 0 Å². The Morgan fingerprint density at radius 3 is 2.25 bits per heavy atom. The average molecular weight is 759 g/mol. The molecule has 2 aromatic carbocycles. The van der Waals surface area contributed by atoms with E-state index in [2.05, 4.69) is 62.1 Å². The molecule has 2 N–H and O–H groups in total. The van der Waals surface area contributed by atoms with E-state index in [1.165, 1.54) is 0 Å². The third kappa shape index (κ3) is 8.95. The lowest BCUT2D eigenvalue weighted by atomic mass is 9.56. The molecule has 12 nitrogen and oxygen atoms in total. The summed E-state index contributed by atoms with van der Waals surface area (Å²) in [6, 6.07) is 13.6. The topological polar surface area (TPSA) is 129 Å². The van der Waals surface area contributed by atoms with E-state index >= 15 is 0 Å². The van der Waals surface area contributed by atoms with Gasteiger partial charge < -0.3 is 34.6 Å². The summed E-state index contributed by atoms with van der Waals surface area (Å²) in [6.45, 7) is 11.9. The molecular weight excluding hydrogens is 697 g/mol. The van der Waals surface area contributed by atoms with Crippen LogP contribution in [0.5, 0.6) is 11.5 Å². The van der Waals surface area contributed by atoms with E-state index in [0.29, 0.717) is 34.6 Å². The highest BCUT2D eigenvalue weighted by molar-refractivity contribution is 5.98. The van der Waals surface area contributed by atoms with Gasteiger partial charge in [-0.15, -0.1) is 0 Å². The van der Waals surface area contributed by atoms with Crippen molar-refractivity contribution in [2.24, 2.45) is 23.7 Å². The molecule has 5 rings (SSSR count). The maximum Gasteiger partial charge on any atom is 0.329 e. The molecule has 300 valence electrons. The van der Waals surface area contributed by atoms with Crippen molar-refractivity contribution < 1.29 is 29.0 Å². The van der Waals surface area contributed by atoms with E-state index in [0.717, 1.165) is 88.1 Å². The molecule has 3 aromatic rings. The lowest BCUT2D eigenvalue weighted by molar-refractivity contribution is -0.155. The molecule has 0 aliphatic heterocycles. The van der Waals surface area contributed by atoms with Crippen LogP contribution in [0.3, 0.4) is 0 Å². The number of hydrogen-bond acceptors (Lipinski definition) is 8. The number of carbonyl (C=O) groups is 3. The van der Waals surface area contributed by atoms with Gasteiger partial charge in [0.2, 0.25) is 6.41 Å². The number of aromatic nitrogens is 2. The molecule has 55 heavy (non-hydrogen) atoms. The maximum atomic E-state index is 14.4. The van der Waals surface area contributed by atoms with E-state index in [1.807, 2.05) is 31.2 Å². The second kappa shape index (κ2) is 17.9. The van der Waals surface area contributed by atoms with Crippen LogP contribution in [-0.4, -0.2) is 110 Å². The second-order valence-electron chi connectivity index (χ2n) is 16.4. The first-order valence-electron chi connectivity index (χ1n) is 19.8. The van der Waals surface area contributed by atoms with Crippen LogP contribution in [0.15, 0.2) is 42.5 Å². The van der Waals surface area contributed by atoms with E-state index < -0.39 is 17.4 Å². The minimum absolute atomic E-state index is 0.104. The number of nitrogens with zero attached hydrogens (tertiary/aromatic N) is 5. The van der Waals surface area contributed by atoms with Crippen LogP contribution in [0, 0.1) is 23.7 Å². The maximum absolute atomic E-state index is 14.4. The van der Waals surface area contributed by atoms with Gasteiger partial charge in [-0.1, -0.05) is 33.8 Å². The zero-order valence-electron chi connectivity index (χ0n) is 34.3. The van der Waals surface area contributed by atoms with Crippen molar-refractivity contribution in [2.45, 2.75) is 77.7 Å². The Morgan fingerprint density at radius 2 is 1.64 bits per heavy atom. The zero-order valence-corrected chi connectivity index (χ0v) is 34.3. The summed E-state index contributed by atoms with van der Waals surface area (Å²) in [5, 5.41) is 18.9. The third-order valence-electron chi connectivity index (χ3n) is 12.0. The fourth-order valence-electron chi connectivity index (χ4n) is 9.17. The number of carboxylic acids is 1. The molecular formula is C43H62N6O6. The summed E-state index contributed by atoms with van der Waals surface area (Å²) in [4.78, 5) is 44.8. The van der Waals surface area contributed by atoms with Crippen molar-refractivity contribution in [2.75, 3.05) is 66.4 Å². The first-order chi connectivity index (χ1) is 26.2. The number of nitrogens with one attached hydrogen (secondary N) is 1. The van der Waals surface area contributed by atoms with Gasteiger partial charge in [0.05, 0.1) is 31.2 Å². The van der Waals surface area contributed by atoms with E-state index in [-0.39, 0.29) is 23.4 Å². The Labute approximate surface area is 327 Å². The minimum Gasteiger partial charge on any atom is -0.496 e. The van der Waals surface area contributed by atoms with Crippen LogP contribution in [-0.2, 0) is 9.59 Å². The molecule has 2 bridgehead atoms. The first kappa shape index (κ1) is 41.6. The van der Waals surface area contributed by atoms with E-state index in [4.69, 9.17) is 14.6 Å². The molecule has 2 saturated carbocycles. The van der Waals surface area contributed by atoms with Gasteiger partial charge in [0.1, 0.15) is 17.0 Å². The van der Waals surface area contributed by atoms with E-state index in [1.54, 1.807) is 36.9 Å². The summed E-state index contributed by atoms with van der Waals surface area (Å²) in [6.07, 6.45) is 6.20. The highest BCUT2D eigenvalue weighted by atomic mass is 16.5. The van der Waals surface area contributed by atoms with Gasteiger partial charge in [-0.3, -0.25) is 9.59 Å². The van der Waals surface area contributed by atoms with Crippen LogP contribution in [0.2, 0.25) is 0 Å². The largest absolute Gasteiger partial charge is 0.496 e. The zero-order chi connectivity index (χ0) is 40.0. The standard InChI is InChI=1S/C43H62N6O6/c1-28(2)34-25-33(48(7)20-12-18-46(5)17-11-19-47(6)27-50)15-16-36(34)49-37(40-38(54-8)13-10-14-39(40)55-9)26-35(45-49)41(51)44-43(42(52)53)30(4)23-31-21-29(3)22-32(43)24-31/h10,13-16,25-32H,11-12,17-24H2,1-9H3,(H,44,51)(H,52,53). The van der Waals surface area contributed by atoms with Crippen LogP contribution in [0.25, 0.3) is 16.9 Å². The number of ether oxygens (including phenoxy) is 2. The highest BCUT2D eigenvalue weighted by Crippen LogP contribution is 2.50. The third-order valence-corrected chi connectivity index (χ3v) is 12.0. The highest BCUT2D eigenvalue weighted by Gasteiger charge is 2.56. The normalized spacial score (nSPS) is 22.0. The van der Waals surface area contributed by atoms with Crippen molar-refractivity contribution in [1.82, 2.24) is 24.9 Å². The second-order valence-corrected chi connectivity index (χ2v) is 16.4. The van der Waals surface area contributed by atoms with Gasteiger partial charge >= 0.3 is 5.97 Å². The Balaban J connectivity index is 1.50. The molecule has 0 saturated heterocycles. The summed E-state index contributed by atoms with van der Waals surface area (Å²) < 4.78 is 13.5. The molecule has 2 aliphatic rings. The van der Waals surface area contributed by atoms with Crippen molar-refractivity contribution in [3.63, 3.8) is 0 Å². The molecule has 5 atom stereocenters. The van der Waals surface area contributed by atoms with Crippen molar-refractivity contribution in [3.8, 4) is 28.4 Å². The Kier molecular flexibility index (Phi) is 13.5. The number of methoxy groups -OCH3 is 2. The Bertz CT molecular complexity index is 1780. The first-order valence-corrected chi connectivity index (χ1v) is 19.8. The lowest BCUT2D eigenvalue weighted by Gasteiger charge is -2.52. The number of carboxylic acid groups (broad SMARTS) is 1. The van der Waals surface area contributed by atoms with Crippen molar-refractivity contribution >= 4 is 24.0 Å². The van der Waals surface area contributed by atoms with Gasteiger partial charge in [-0.05, 0) is 130 Å². The molecule has 2 fully saturated rings. The number of benzene rings is 2. The minimum atomic E-state index is -1.38. The van der Waals surface area contributed by atoms with Gasteiger partial charge in [-0.2, -0.15) is 5.10 Å². The lowest BCUT2D eigenvalue weighted by Crippen LogP contribution is -2.66. The number of amides is 2. The quantitative estimate of drug-likeness (QED) is 0.139. The van der Waals surface area contributed by atoms with Crippen molar-refractivity contribution in [3.05, 3.63) is 53.7 Å². The number of anilines is 1. The number of carbonyl (C=O) groups excluding carboxylic acids is 2. The number of fused-ring (bicyclic) bond motifs is 2. The number of aliphatic carboxylic acids is 1. The van der Waals surface area contributed by atoms with Crippen LogP contribution < -0.4 is 19.7 Å². The van der Waals surface area contributed by atoms with E-state index in [9.17, 15) is 19.5 Å². The van der Waals surface area contributed by atoms with Crippen LogP contribution >= 0.6 is 0 Å².